The van der Waals surface area contributed by atoms with Crippen LogP contribution in [-0.4, -0.2) is 39.3 Å². The number of sulfonamides is 1. The number of nitrogens with one attached hydrogen (secondary N) is 1. The second-order valence-corrected chi connectivity index (χ2v) is 14.6. The van der Waals surface area contributed by atoms with Crippen molar-refractivity contribution in [3.8, 4) is 5.75 Å². The summed E-state index contributed by atoms with van der Waals surface area (Å²) in [5.41, 5.74) is 1.19. The van der Waals surface area contributed by atoms with Crippen LogP contribution in [0.5, 0.6) is 5.75 Å². The van der Waals surface area contributed by atoms with E-state index in [2.05, 4.69) is 19.2 Å². The van der Waals surface area contributed by atoms with Gasteiger partial charge >= 0.3 is 0 Å². The summed E-state index contributed by atoms with van der Waals surface area (Å²) >= 11 is 12.5. The van der Waals surface area contributed by atoms with Gasteiger partial charge in [-0.2, -0.15) is 0 Å². The predicted molar refractivity (Wildman–Crippen MR) is 164 cm³/mol. The largest absolute Gasteiger partial charge is 0.493 e. The lowest BCUT2D eigenvalue weighted by Crippen LogP contribution is -2.50. The summed E-state index contributed by atoms with van der Waals surface area (Å²) in [6.45, 7) is 12.4. The van der Waals surface area contributed by atoms with E-state index in [0.717, 1.165) is 11.1 Å². The fourth-order valence-electron chi connectivity index (χ4n) is 5.13. The van der Waals surface area contributed by atoms with Gasteiger partial charge in [0.05, 0.1) is 22.6 Å². The van der Waals surface area contributed by atoms with Crippen molar-refractivity contribution in [1.82, 2.24) is 9.62 Å². The lowest BCUT2D eigenvalue weighted by Gasteiger charge is -2.40. The average molecular weight is 603 g/mol. The number of aliphatic imine (C=N–C) groups is 1. The second kappa shape index (κ2) is 10.7. The molecule has 214 valence electrons. The molecule has 0 saturated heterocycles. The van der Waals surface area contributed by atoms with E-state index in [0.29, 0.717) is 39.4 Å². The van der Waals surface area contributed by atoms with Crippen LogP contribution >= 0.6 is 23.2 Å². The van der Waals surface area contributed by atoms with Crippen molar-refractivity contribution in [3.63, 3.8) is 0 Å². The first-order chi connectivity index (χ1) is 18.5. The Hall–Kier alpha value is -2.58. The van der Waals surface area contributed by atoms with Crippen LogP contribution in [0.1, 0.15) is 63.8 Å². The van der Waals surface area contributed by atoms with Crippen molar-refractivity contribution >= 4 is 39.1 Å². The van der Waals surface area contributed by atoms with E-state index in [1.165, 1.54) is 4.31 Å². The molecule has 0 fully saturated rings. The van der Waals surface area contributed by atoms with Crippen molar-refractivity contribution in [2.24, 2.45) is 4.99 Å². The monoisotopic (exact) mass is 601 g/mol. The van der Waals surface area contributed by atoms with Gasteiger partial charge in [0.15, 0.2) is 0 Å². The predicted octanol–water partition coefficient (Wildman–Crippen LogP) is 7.12. The summed E-state index contributed by atoms with van der Waals surface area (Å²) in [5, 5.41) is 4.94. The van der Waals surface area contributed by atoms with Crippen molar-refractivity contribution in [3.05, 3.63) is 93.0 Å². The van der Waals surface area contributed by atoms with E-state index >= 15 is 0 Å². The molecule has 3 aromatic carbocycles. The number of ether oxygens (including phenoxy) is 1. The van der Waals surface area contributed by atoms with E-state index in [9.17, 15) is 8.42 Å². The first kappa shape index (κ1) is 30.4. The Bertz CT molecular complexity index is 1550. The van der Waals surface area contributed by atoms with Crippen LogP contribution in [-0.2, 0) is 26.5 Å². The molecule has 0 amide bonds. The molecule has 1 heterocycles. The molecule has 2 atom stereocenters. The van der Waals surface area contributed by atoms with Crippen molar-refractivity contribution < 1.29 is 13.2 Å². The number of benzene rings is 3. The van der Waals surface area contributed by atoms with Gasteiger partial charge in [-0.3, -0.25) is 4.99 Å². The molecule has 0 spiro atoms. The van der Waals surface area contributed by atoms with Gasteiger partial charge in [-0.1, -0.05) is 68.2 Å². The quantitative estimate of drug-likeness (QED) is 0.313. The van der Waals surface area contributed by atoms with E-state index in [4.69, 9.17) is 32.9 Å². The summed E-state index contributed by atoms with van der Waals surface area (Å²) in [5.74, 6) is 1.10. The summed E-state index contributed by atoms with van der Waals surface area (Å²) < 4.78 is 34.6. The van der Waals surface area contributed by atoms with Crippen LogP contribution in [0.2, 0.25) is 10.0 Å². The summed E-state index contributed by atoms with van der Waals surface area (Å²) in [7, 11) is -0.700. The molecule has 40 heavy (non-hydrogen) atoms. The highest BCUT2D eigenvalue weighted by Crippen LogP contribution is 2.49. The molecule has 0 saturated carbocycles. The molecule has 3 aromatic rings. The Kier molecular flexibility index (Phi) is 8.11. The smallest absolute Gasteiger partial charge is 0.242 e. The minimum absolute atomic E-state index is 0.223. The molecule has 1 aliphatic rings. The summed E-state index contributed by atoms with van der Waals surface area (Å²) in [4.78, 5) is 5.51. The maximum absolute atomic E-state index is 13.6. The van der Waals surface area contributed by atoms with Gasteiger partial charge < -0.3 is 10.1 Å². The van der Waals surface area contributed by atoms with Gasteiger partial charge in [-0.05, 0) is 79.3 Å². The fraction of sp³-hybridized carbons (Fsp3) is 0.387. The number of halogens is 2. The number of rotatable bonds is 7. The highest BCUT2D eigenvalue weighted by Gasteiger charge is 2.52. The molecule has 6 nitrogen and oxygen atoms in total. The van der Waals surface area contributed by atoms with E-state index in [1.54, 1.807) is 20.2 Å². The highest BCUT2D eigenvalue weighted by molar-refractivity contribution is 7.89. The molecular weight excluding hydrogens is 565 g/mol. The van der Waals surface area contributed by atoms with Crippen LogP contribution in [0, 0.1) is 0 Å². The first-order valence-electron chi connectivity index (χ1n) is 13.2. The topological polar surface area (TPSA) is 71.0 Å². The average Bonchev–Trinajstić information content (AvgIpc) is 3.16. The number of hydrogen-bond acceptors (Lipinski definition) is 5. The normalized spacial score (nSPS) is 21.3. The Balaban J connectivity index is 2.03. The van der Waals surface area contributed by atoms with Crippen LogP contribution in [0.4, 0.5) is 0 Å². The minimum Gasteiger partial charge on any atom is -0.493 e. The number of amidine groups is 1. The van der Waals surface area contributed by atoms with Gasteiger partial charge in [0.25, 0.3) is 0 Å². The summed E-state index contributed by atoms with van der Waals surface area (Å²) in [6, 6.07) is 18.9. The first-order valence-corrected chi connectivity index (χ1v) is 15.4. The molecule has 1 aliphatic heterocycles. The zero-order valence-corrected chi connectivity index (χ0v) is 26.6. The third-order valence-electron chi connectivity index (χ3n) is 7.71. The van der Waals surface area contributed by atoms with Gasteiger partial charge in [0.2, 0.25) is 10.0 Å². The molecule has 1 N–H and O–H groups in total. The third-order valence-corrected chi connectivity index (χ3v) is 10.1. The van der Waals surface area contributed by atoms with E-state index in [1.807, 2.05) is 82.3 Å². The van der Waals surface area contributed by atoms with Crippen LogP contribution in [0.25, 0.3) is 0 Å². The Labute approximate surface area is 248 Å². The van der Waals surface area contributed by atoms with Crippen LogP contribution in [0.3, 0.4) is 0 Å². The molecule has 0 radical (unpaired) electrons. The lowest BCUT2D eigenvalue weighted by molar-refractivity contribution is 0.268. The second-order valence-electron chi connectivity index (χ2n) is 11.6. The van der Waals surface area contributed by atoms with Crippen molar-refractivity contribution in [2.75, 3.05) is 20.7 Å². The molecule has 0 aromatic heterocycles. The van der Waals surface area contributed by atoms with Crippen LogP contribution < -0.4 is 10.1 Å². The van der Waals surface area contributed by atoms with Crippen molar-refractivity contribution in [2.45, 2.75) is 62.9 Å². The lowest BCUT2D eigenvalue weighted by atomic mass is 9.72. The maximum Gasteiger partial charge on any atom is 0.242 e. The number of nitrogens with zero attached hydrogens (tertiary/aromatic N) is 2. The molecule has 0 aliphatic carbocycles. The Morgan fingerprint density at radius 3 is 1.93 bits per heavy atom. The van der Waals surface area contributed by atoms with E-state index < -0.39 is 26.5 Å². The SMILES string of the molecule is CCOc1cc(C(C)(C)C)c(S(=O)(=O)N(C)C)cc1C1=NC(C)(c2ccc(Cl)cc2)C(C)(c2ccc(Cl)cc2)N1. The molecular formula is C31H37Cl2N3O3S. The standard InChI is InChI=1S/C31H37Cl2N3O3S/c1-9-39-26-19-25(29(2,3)4)27(40(37,38)36(7)8)18-24(26)28-34-30(5,20-10-14-22(32)15-11-20)31(6,35-28)21-12-16-23(33)17-13-21/h10-19H,9H2,1-8H3,(H,34,35). The summed E-state index contributed by atoms with van der Waals surface area (Å²) in [6.07, 6.45) is 0. The zero-order valence-electron chi connectivity index (χ0n) is 24.3. The Morgan fingerprint density at radius 1 is 0.925 bits per heavy atom. The van der Waals surface area contributed by atoms with Crippen molar-refractivity contribution in [1.29, 1.82) is 0 Å². The highest BCUT2D eigenvalue weighted by atomic mass is 35.5. The van der Waals surface area contributed by atoms with E-state index in [-0.39, 0.29) is 4.90 Å². The number of hydrogen-bond donors (Lipinski definition) is 1. The van der Waals surface area contributed by atoms with Gasteiger partial charge in [0, 0.05) is 24.1 Å². The minimum atomic E-state index is -3.78. The molecule has 0 bridgehead atoms. The van der Waals surface area contributed by atoms with Gasteiger partial charge in [-0.25, -0.2) is 12.7 Å². The Morgan fingerprint density at radius 2 is 1.45 bits per heavy atom. The molecule has 2 unspecified atom stereocenters. The van der Waals surface area contributed by atoms with Gasteiger partial charge in [0.1, 0.15) is 17.1 Å². The van der Waals surface area contributed by atoms with Gasteiger partial charge in [-0.15, -0.1) is 0 Å². The molecule has 4 rings (SSSR count). The zero-order chi connectivity index (χ0) is 29.7. The fourth-order valence-corrected chi connectivity index (χ4v) is 6.68. The third kappa shape index (κ3) is 5.25. The molecule has 9 heteroatoms. The van der Waals surface area contributed by atoms with Crippen LogP contribution in [0.15, 0.2) is 70.6 Å². The maximum atomic E-state index is 13.6.